The van der Waals surface area contributed by atoms with Gasteiger partial charge in [-0.15, -0.1) is 0 Å². The predicted molar refractivity (Wildman–Crippen MR) is 142 cm³/mol. The monoisotopic (exact) mass is 512 g/mol. The molecule has 2 fully saturated rings. The van der Waals surface area contributed by atoms with Gasteiger partial charge in [-0.25, -0.2) is 4.79 Å². The number of ether oxygens (including phenoxy) is 1. The van der Waals surface area contributed by atoms with Crippen molar-refractivity contribution >= 4 is 29.7 Å². The zero-order chi connectivity index (χ0) is 26.0. The van der Waals surface area contributed by atoms with Crippen LogP contribution in [0.2, 0.25) is 0 Å². The van der Waals surface area contributed by atoms with E-state index in [9.17, 15) is 14.4 Å². The molecule has 1 saturated carbocycles. The lowest BCUT2D eigenvalue weighted by atomic mass is 9.89. The summed E-state index contributed by atoms with van der Waals surface area (Å²) in [4.78, 5) is 41.2. The smallest absolute Gasteiger partial charge is 0.407 e. The summed E-state index contributed by atoms with van der Waals surface area (Å²) in [5.41, 5.74) is 6.22. The fraction of sp³-hybridized carbons (Fsp3) is 0.885. The van der Waals surface area contributed by atoms with Crippen molar-refractivity contribution in [2.24, 2.45) is 11.7 Å². The fourth-order valence-corrected chi connectivity index (χ4v) is 6.68. The normalized spacial score (nSPS) is 22.2. The SMILES string of the molecule is CCCCCOC(=O)N[C@@H](C(=O)N1C[C@H](N)C[C@H]1C(=O)NCC1CCCCC1)C(C)(C)SC(C)C. The molecular formula is C26H48N4O4S. The number of likely N-dealkylation sites (tertiary alicyclic amines) is 1. The minimum absolute atomic E-state index is 0.146. The lowest BCUT2D eigenvalue weighted by molar-refractivity contribution is -0.140. The molecule has 0 aromatic rings. The number of thioether (sulfide) groups is 1. The Labute approximate surface area is 216 Å². The highest BCUT2D eigenvalue weighted by Crippen LogP contribution is 2.34. The molecule has 1 aliphatic heterocycles. The summed E-state index contributed by atoms with van der Waals surface area (Å²) >= 11 is 1.62. The van der Waals surface area contributed by atoms with Crippen molar-refractivity contribution in [3.05, 3.63) is 0 Å². The number of unbranched alkanes of at least 4 members (excludes halogenated alkanes) is 2. The highest BCUT2D eigenvalue weighted by Gasteiger charge is 2.46. The molecule has 0 radical (unpaired) electrons. The topological polar surface area (TPSA) is 114 Å². The molecule has 9 heteroatoms. The van der Waals surface area contributed by atoms with E-state index >= 15 is 0 Å². The van der Waals surface area contributed by atoms with Crippen molar-refractivity contribution < 1.29 is 19.1 Å². The third-order valence-corrected chi connectivity index (χ3v) is 8.25. The van der Waals surface area contributed by atoms with Crippen LogP contribution in [0.4, 0.5) is 4.79 Å². The van der Waals surface area contributed by atoms with Gasteiger partial charge in [0.1, 0.15) is 12.1 Å². The number of nitrogens with two attached hydrogens (primary N) is 1. The number of hydrogen-bond acceptors (Lipinski definition) is 6. The van der Waals surface area contributed by atoms with Gasteiger partial charge in [0.05, 0.1) is 6.61 Å². The Kier molecular flexibility index (Phi) is 12.2. The molecule has 2 aliphatic rings. The number of nitrogens with zero attached hydrogens (tertiary/aromatic N) is 1. The molecule has 0 bridgehead atoms. The first-order valence-corrected chi connectivity index (χ1v) is 14.4. The summed E-state index contributed by atoms with van der Waals surface area (Å²) < 4.78 is 4.75. The van der Waals surface area contributed by atoms with Crippen molar-refractivity contribution in [1.82, 2.24) is 15.5 Å². The summed E-state index contributed by atoms with van der Waals surface area (Å²) in [5.74, 6) is 0.0803. The van der Waals surface area contributed by atoms with Gasteiger partial charge in [-0.2, -0.15) is 11.8 Å². The number of nitrogens with one attached hydrogen (secondary N) is 2. The Balaban J connectivity index is 2.11. The molecule has 35 heavy (non-hydrogen) atoms. The van der Waals surface area contributed by atoms with Gasteiger partial charge in [0.2, 0.25) is 11.8 Å². The maximum absolute atomic E-state index is 13.9. The Hall–Kier alpha value is -1.48. The minimum Gasteiger partial charge on any atom is -0.450 e. The van der Waals surface area contributed by atoms with Crippen LogP contribution in [0, 0.1) is 5.92 Å². The molecule has 0 aromatic heterocycles. The van der Waals surface area contributed by atoms with Gasteiger partial charge in [-0.05, 0) is 50.7 Å². The summed E-state index contributed by atoms with van der Waals surface area (Å²) in [5, 5.41) is 6.16. The van der Waals surface area contributed by atoms with Crippen LogP contribution in [-0.4, -0.2) is 70.6 Å². The zero-order valence-electron chi connectivity index (χ0n) is 22.4. The first kappa shape index (κ1) is 29.7. The maximum atomic E-state index is 13.9. The second-order valence-electron chi connectivity index (χ2n) is 10.9. The number of amides is 3. The van der Waals surface area contributed by atoms with E-state index in [0.29, 0.717) is 32.0 Å². The highest BCUT2D eigenvalue weighted by atomic mass is 32.2. The van der Waals surface area contributed by atoms with Crippen molar-refractivity contribution in [1.29, 1.82) is 0 Å². The van der Waals surface area contributed by atoms with E-state index in [0.717, 1.165) is 32.1 Å². The van der Waals surface area contributed by atoms with Crippen LogP contribution in [0.5, 0.6) is 0 Å². The van der Waals surface area contributed by atoms with Crippen LogP contribution in [0.15, 0.2) is 0 Å². The fourth-order valence-electron chi connectivity index (χ4n) is 5.17. The predicted octanol–water partition coefficient (Wildman–Crippen LogP) is 3.82. The Morgan fingerprint density at radius 2 is 1.83 bits per heavy atom. The van der Waals surface area contributed by atoms with Gasteiger partial charge in [0.25, 0.3) is 0 Å². The molecule has 4 N–H and O–H groups in total. The number of carbonyl (C=O) groups excluding carboxylic acids is 3. The quantitative estimate of drug-likeness (QED) is 0.343. The average molecular weight is 513 g/mol. The van der Waals surface area contributed by atoms with Crippen molar-refractivity contribution in [3.8, 4) is 0 Å². The zero-order valence-corrected chi connectivity index (χ0v) is 23.3. The lowest BCUT2D eigenvalue weighted by Gasteiger charge is -2.38. The number of hydrogen-bond donors (Lipinski definition) is 3. The van der Waals surface area contributed by atoms with Gasteiger partial charge in [-0.1, -0.05) is 52.9 Å². The Morgan fingerprint density at radius 3 is 2.46 bits per heavy atom. The van der Waals surface area contributed by atoms with Crippen LogP contribution < -0.4 is 16.4 Å². The van der Waals surface area contributed by atoms with E-state index in [1.165, 1.54) is 19.3 Å². The molecule has 1 aliphatic carbocycles. The van der Waals surface area contributed by atoms with E-state index < -0.39 is 22.9 Å². The molecule has 1 heterocycles. The second-order valence-corrected chi connectivity index (χ2v) is 13.2. The van der Waals surface area contributed by atoms with Crippen LogP contribution in [0.1, 0.15) is 92.4 Å². The van der Waals surface area contributed by atoms with Gasteiger partial charge >= 0.3 is 6.09 Å². The molecule has 1 saturated heterocycles. The number of carbonyl (C=O) groups is 3. The van der Waals surface area contributed by atoms with Gasteiger partial charge < -0.3 is 26.0 Å². The highest BCUT2D eigenvalue weighted by molar-refractivity contribution is 8.01. The molecule has 202 valence electrons. The van der Waals surface area contributed by atoms with Crippen molar-refractivity contribution in [2.45, 2.75) is 121 Å². The van der Waals surface area contributed by atoms with Crippen LogP contribution in [0.3, 0.4) is 0 Å². The van der Waals surface area contributed by atoms with Crippen LogP contribution in [0.25, 0.3) is 0 Å². The summed E-state index contributed by atoms with van der Waals surface area (Å²) in [6, 6.07) is -1.73. The van der Waals surface area contributed by atoms with Gasteiger partial charge in [-0.3, -0.25) is 9.59 Å². The van der Waals surface area contributed by atoms with E-state index in [4.69, 9.17) is 10.5 Å². The number of rotatable bonds is 12. The minimum atomic E-state index is -0.840. The summed E-state index contributed by atoms with van der Waals surface area (Å²) in [7, 11) is 0. The van der Waals surface area contributed by atoms with Crippen molar-refractivity contribution in [3.63, 3.8) is 0 Å². The van der Waals surface area contributed by atoms with Gasteiger partial charge in [0.15, 0.2) is 0 Å². The third-order valence-electron chi connectivity index (χ3n) is 6.93. The molecule has 3 amide bonds. The molecule has 3 atom stereocenters. The third kappa shape index (κ3) is 9.48. The molecular weight excluding hydrogens is 464 g/mol. The van der Waals surface area contributed by atoms with Crippen molar-refractivity contribution in [2.75, 3.05) is 19.7 Å². The summed E-state index contributed by atoms with van der Waals surface area (Å²) in [6.07, 6.45) is 8.60. The van der Waals surface area contributed by atoms with Crippen LogP contribution >= 0.6 is 11.8 Å². The van der Waals surface area contributed by atoms with Gasteiger partial charge in [0, 0.05) is 23.9 Å². The van der Waals surface area contributed by atoms with E-state index in [1.54, 1.807) is 16.7 Å². The molecule has 0 aromatic carbocycles. The molecule has 0 unspecified atom stereocenters. The lowest BCUT2D eigenvalue weighted by Crippen LogP contribution is -2.60. The maximum Gasteiger partial charge on any atom is 0.407 e. The molecule has 8 nitrogen and oxygen atoms in total. The second kappa shape index (κ2) is 14.3. The Bertz CT molecular complexity index is 697. The first-order valence-electron chi connectivity index (χ1n) is 13.5. The number of alkyl carbamates (subject to hydrolysis) is 1. The summed E-state index contributed by atoms with van der Waals surface area (Å²) in [6.45, 7) is 11.4. The van der Waals surface area contributed by atoms with E-state index in [-0.39, 0.29) is 23.1 Å². The molecule has 0 spiro atoms. The molecule has 2 rings (SSSR count). The largest absolute Gasteiger partial charge is 0.450 e. The van der Waals surface area contributed by atoms with E-state index in [1.807, 2.05) is 13.8 Å². The standard InChI is InChI=1S/C26H48N4O4S/c1-6-7-11-14-34-25(33)29-22(26(4,5)35-18(2)3)24(32)30-17-20(27)15-21(30)23(31)28-16-19-12-9-8-10-13-19/h18-22H,6-17,27H2,1-5H3,(H,28,31)(H,29,33)/t20-,21+,22+/m1/s1. The Morgan fingerprint density at radius 1 is 1.14 bits per heavy atom. The first-order chi connectivity index (χ1) is 16.5. The average Bonchev–Trinajstić information content (AvgIpc) is 3.20. The van der Waals surface area contributed by atoms with E-state index in [2.05, 4.69) is 31.4 Å². The van der Waals surface area contributed by atoms with Crippen LogP contribution in [-0.2, 0) is 14.3 Å².